The van der Waals surface area contributed by atoms with Gasteiger partial charge in [-0.15, -0.1) is 0 Å². The monoisotopic (exact) mass is 226 g/mol. The van der Waals surface area contributed by atoms with Gasteiger partial charge in [-0.1, -0.05) is 33.6 Å². The molecule has 1 aliphatic rings. The lowest BCUT2D eigenvalue weighted by Crippen LogP contribution is -2.50. The third kappa shape index (κ3) is 2.76. The first-order valence-corrected chi connectivity index (χ1v) is 6.62. The molecule has 0 radical (unpaired) electrons. The zero-order valence-electron chi connectivity index (χ0n) is 11.0. The molecule has 2 N–H and O–H groups in total. The van der Waals surface area contributed by atoms with Crippen LogP contribution in [0.4, 0.5) is 0 Å². The topological polar surface area (TPSA) is 46.3 Å². The molecule has 0 aliphatic carbocycles. The van der Waals surface area contributed by atoms with Crippen LogP contribution in [-0.2, 0) is 4.79 Å². The maximum atomic E-state index is 11.3. The number of nitrogens with two attached hydrogens (primary N) is 1. The van der Waals surface area contributed by atoms with Crippen LogP contribution in [0.2, 0.25) is 0 Å². The molecule has 94 valence electrons. The molecule has 0 bridgehead atoms. The number of piperidine rings is 1. The molecular formula is C13H26N2O. The Kier molecular flexibility index (Phi) is 4.78. The molecule has 3 heteroatoms. The highest BCUT2D eigenvalue weighted by Crippen LogP contribution is 2.38. The summed E-state index contributed by atoms with van der Waals surface area (Å²) in [7, 11) is 0. The van der Waals surface area contributed by atoms with Crippen LogP contribution < -0.4 is 5.73 Å². The first-order valence-electron chi connectivity index (χ1n) is 6.62. The van der Waals surface area contributed by atoms with E-state index in [2.05, 4.69) is 18.7 Å². The van der Waals surface area contributed by atoms with Gasteiger partial charge in [0.05, 0.1) is 6.04 Å². The third-order valence-electron chi connectivity index (χ3n) is 4.51. The Balaban J connectivity index is 2.56. The second-order valence-corrected chi connectivity index (χ2v) is 5.07. The Morgan fingerprint density at radius 2 is 1.75 bits per heavy atom. The summed E-state index contributed by atoms with van der Waals surface area (Å²) in [4.78, 5) is 13.6. The SMILES string of the molecule is CCC(C(N)=O)N1CCC(CC)(CC)CC1. The molecule has 0 aromatic heterocycles. The van der Waals surface area contributed by atoms with E-state index < -0.39 is 0 Å². The average Bonchev–Trinajstić information content (AvgIpc) is 2.31. The summed E-state index contributed by atoms with van der Waals surface area (Å²) in [6.45, 7) is 8.66. The zero-order chi connectivity index (χ0) is 12.2. The van der Waals surface area contributed by atoms with Gasteiger partial charge >= 0.3 is 0 Å². The molecular weight excluding hydrogens is 200 g/mol. The molecule has 1 aliphatic heterocycles. The maximum absolute atomic E-state index is 11.3. The summed E-state index contributed by atoms with van der Waals surface area (Å²) >= 11 is 0. The van der Waals surface area contributed by atoms with Gasteiger partial charge in [-0.05, 0) is 37.8 Å². The molecule has 1 atom stereocenters. The quantitative estimate of drug-likeness (QED) is 0.781. The first-order chi connectivity index (χ1) is 7.58. The summed E-state index contributed by atoms with van der Waals surface area (Å²) in [5, 5.41) is 0. The molecule has 1 unspecified atom stereocenters. The summed E-state index contributed by atoms with van der Waals surface area (Å²) in [6.07, 6.45) is 5.77. The fraction of sp³-hybridized carbons (Fsp3) is 0.923. The fourth-order valence-corrected chi connectivity index (χ4v) is 2.91. The minimum absolute atomic E-state index is 0.0493. The lowest BCUT2D eigenvalue weighted by Gasteiger charge is -2.43. The molecule has 0 aromatic rings. The predicted molar refractivity (Wildman–Crippen MR) is 67.1 cm³/mol. The lowest BCUT2D eigenvalue weighted by molar-refractivity contribution is -0.124. The zero-order valence-corrected chi connectivity index (χ0v) is 11.0. The van der Waals surface area contributed by atoms with Gasteiger partial charge in [0.15, 0.2) is 0 Å². The van der Waals surface area contributed by atoms with Crippen molar-refractivity contribution >= 4 is 5.91 Å². The third-order valence-corrected chi connectivity index (χ3v) is 4.51. The van der Waals surface area contributed by atoms with E-state index in [4.69, 9.17) is 5.73 Å². The molecule has 1 rings (SSSR count). The smallest absolute Gasteiger partial charge is 0.234 e. The second kappa shape index (κ2) is 5.67. The highest BCUT2D eigenvalue weighted by molar-refractivity contribution is 5.79. The van der Waals surface area contributed by atoms with Gasteiger partial charge in [-0.3, -0.25) is 9.69 Å². The molecule has 1 heterocycles. The number of carbonyl (C=O) groups excluding carboxylic acids is 1. The molecule has 16 heavy (non-hydrogen) atoms. The molecule has 1 amide bonds. The number of hydrogen-bond donors (Lipinski definition) is 1. The Morgan fingerprint density at radius 1 is 1.25 bits per heavy atom. The van der Waals surface area contributed by atoms with E-state index in [1.807, 2.05) is 6.92 Å². The van der Waals surface area contributed by atoms with Crippen molar-refractivity contribution < 1.29 is 4.79 Å². The highest BCUT2D eigenvalue weighted by atomic mass is 16.1. The van der Waals surface area contributed by atoms with Crippen LogP contribution in [0.5, 0.6) is 0 Å². The van der Waals surface area contributed by atoms with Crippen molar-refractivity contribution in [1.29, 1.82) is 0 Å². The Labute approximate surface area is 99.4 Å². The van der Waals surface area contributed by atoms with E-state index in [0.29, 0.717) is 5.41 Å². The highest BCUT2D eigenvalue weighted by Gasteiger charge is 2.34. The molecule has 0 spiro atoms. The number of primary amides is 1. The maximum Gasteiger partial charge on any atom is 0.234 e. The predicted octanol–water partition coefficient (Wildman–Crippen LogP) is 2.15. The summed E-state index contributed by atoms with van der Waals surface area (Å²) in [6, 6.07) is -0.0493. The van der Waals surface area contributed by atoms with Crippen LogP contribution in [0.25, 0.3) is 0 Å². The Hall–Kier alpha value is -0.570. The normalized spacial score (nSPS) is 22.9. The van der Waals surface area contributed by atoms with E-state index in [1.54, 1.807) is 0 Å². The van der Waals surface area contributed by atoms with Crippen LogP contribution >= 0.6 is 0 Å². The lowest BCUT2D eigenvalue weighted by atomic mass is 9.74. The van der Waals surface area contributed by atoms with Gasteiger partial charge in [0.25, 0.3) is 0 Å². The van der Waals surface area contributed by atoms with E-state index in [1.165, 1.54) is 25.7 Å². The summed E-state index contributed by atoms with van der Waals surface area (Å²) in [5.74, 6) is -0.164. The average molecular weight is 226 g/mol. The van der Waals surface area contributed by atoms with Crippen LogP contribution in [0.1, 0.15) is 52.9 Å². The van der Waals surface area contributed by atoms with Crippen LogP contribution in [0.3, 0.4) is 0 Å². The van der Waals surface area contributed by atoms with Gasteiger partial charge in [0.2, 0.25) is 5.91 Å². The second-order valence-electron chi connectivity index (χ2n) is 5.07. The Bertz CT molecular complexity index is 226. The summed E-state index contributed by atoms with van der Waals surface area (Å²) < 4.78 is 0. The standard InChI is InChI=1S/C13H26N2O/c1-4-11(12(14)16)15-9-7-13(5-2,6-3)8-10-15/h11H,4-10H2,1-3H3,(H2,14,16). The largest absolute Gasteiger partial charge is 0.368 e. The van der Waals surface area contributed by atoms with Crippen molar-refractivity contribution in [2.24, 2.45) is 11.1 Å². The Morgan fingerprint density at radius 3 is 2.06 bits per heavy atom. The number of hydrogen-bond acceptors (Lipinski definition) is 2. The van der Waals surface area contributed by atoms with Crippen LogP contribution in [0.15, 0.2) is 0 Å². The fourth-order valence-electron chi connectivity index (χ4n) is 2.91. The van der Waals surface area contributed by atoms with Crippen molar-refractivity contribution in [3.63, 3.8) is 0 Å². The van der Waals surface area contributed by atoms with Crippen molar-refractivity contribution in [3.05, 3.63) is 0 Å². The van der Waals surface area contributed by atoms with Crippen molar-refractivity contribution in [1.82, 2.24) is 4.90 Å². The van der Waals surface area contributed by atoms with Crippen molar-refractivity contribution in [3.8, 4) is 0 Å². The van der Waals surface area contributed by atoms with Crippen LogP contribution in [0, 0.1) is 5.41 Å². The van der Waals surface area contributed by atoms with Crippen LogP contribution in [-0.4, -0.2) is 29.9 Å². The minimum atomic E-state index is -0.164. The van der Waals surface area contributed by atoms with Crippen molar-refractivity contribution in [2.75, 3.05) is 13.1 Å². The molecule has 1 fully saturated rings. The molecule has 1 saturated heterocycles. The van der Waals surface area contributed by atoms with Gasteiger partial charge in [-0.2, -0.15) is 0 Å². The number of rotatable bonds is 5. The van der Waals surface area contributed by atoms with Gasteiger partial charge in [0, 0.05) is 0 Å². The minimum Gasteiger partial charge on any atom is -0.368 e. The number of amides is 1. The van der Waals surface area contributed by atoms with Crippen molar-refractivity contribution in [2.45, 2.75) is 58.9 Å². The number of nitrogens with zero attached hydrogens (tertiary/aromatic N) is 1. The van der Waals surface area contributed by atoms with E-state index in [-0.39, 0.29) is 11.9 Å². The molecule has 0 saturated carbocycles. The van der Waals surface area contributed by atoms with Gasteiger partial charge < -0.3 is 5.73 Å². The van der Waals surface area contributed by atoms with E-state index in [0.717, 1.165) is 19.5 Å². The molecule has 0 aromatic carbocycles. The van der Waals surface area contributed by atoms with E-state index >= 15 is 0 Å². The first kappa shape index (κ1) is 13.5. The number of carbonyl (C=O) groups is 1. The molecule has 3 nitrogen and oxygen atoms in total. The van der Waals surface area contributed by atoms with Gasteiger partial charge in [0.1, 0.15) is 0 Å². The van der Waals surface area contributed by atoms with E-state index in [9.17, 15) is 4.79 Å². The number of likely N-dealkylation sites (tertiary alicyclic amines) is 1. The summed E-state index contributed by atoms with van der Waals surface area (Å²) in [5.41, 5.74) is 5.95. The van der Waals surface area contributed by atoms with Gasteiger partial charge in [-0.25, -0.2) is 0 Å².